The maximum atomic E-state index is 6.17. The van der Waals surface area contributed by atoms with Gasteiger partial charge in [-0.2, -0.15) is 0 Å². The first-order valence-corrected chi connectivity index (χ1v) is 6.65. The van der Waals surface area contributed by atoms with Gasteiger partial charge in [0.2, 0.25) is 0 Å². The lowest BCUT2D eigenvalue weighted by atomic mass is 10.0. The lowest BCUT2D eigenvalue weighted by Crippen LogP contribution is -2.20. The summed E-state index contributed by atoms with van der Waals surface area (Å²) in [6.07, 6.45) is 0. The smallest absolute Gasteiger partial charge is 0.120 e. The van der Waals surface area contributed by atoms with Gasteiger partial charge in [-0.25, -0.2) is 0 Å². The van der Waals surface area contributed by atoms with Crippen LogP contribution in [0.15, 0.2) is 42.5 Å². The van der Waals surface area contributed by atoms with Gasteiger partial charge in [-0.1, -0.05) is 41.4 Å². The van der Waals surface area contributed by atoms with Crippen LogP contribution >= 0.6 is 11.6 Å². The Balaban J connectivity index is 2.03. The number of ether oxygens (including phenoxy) is 1. The number of aryl methyl sites for hydroxylation is 2. The van der Waals surface area contributed by atoms with Crippen molar-refractivity contribution >= 4 is 11.6 Å². The van der Waals surface area contributed by atoms with E-state index >= 15 is 0 Å². The van der Waals surface area contributed by atoms with Crippen LogP contribution in [0.1, 0.15) is 22.7 Å². The van der Waals surface area contributed by atoms with Gasteiger partial charge in [0.1, 0.15) is 12.4 Å². The lowest BCUT2D eigenvalue weighted by molar-refractivity contribution is 0.290. The summed E-state index contributed by atoms with van der Waals surface area (Å²) in [6, 6.07) is 13.5. The first kappa shape index (κ1) is 13.9. The SMILES string of the molecule is Cc1ccc(C(N)COc2cccc(Cl)c2)c(C)c1. The predicted molar refractivity (Wildman–Crippen MR) is 79.8 cm³/mol. The molecule has 0 spiro atoms. The molecule has 100 valence electrons. The summed E-state index contributed by atoms with van der Waals surface area (Å²) in [4.78, 5) is 0. The molecule has 1 atom stereocenters. The van der Waals surface area contributed by atoms with Crippen molar-refractivity contribution in [1.29, 1.82) is 0 Å². The van der Waals surface area contributed by atoms with Crippen LogP contribution in [0.25, 0.3) is 0 Å². The van der Waals surface area contributed by atoms with Crippen LogP contribution in [0.4, 0.5) is 0 Å². The van der Waals surface area contributed by atoms with Gasteiger partial charge in [0.15, 0.2) is 0 Å². The van der Waals surface area contributed by atoms with Crippen LogP contribution in [0.5, 0.6) is 5.75 Å². The predicted octanol–water partition coefficient (Wildman–Crippen LogP) is 4.04. The summed E-state index contributed by atoms with van der Waals surface area (Å²) in [5, 5.41) is 0.664. The third-order valence-electron chi connectivity index (χ3n) is 3.05. The van der Waals surface area contributed by atoms with E-state index in [0.717, 1.165) is 11.3 Å². The van der Waals surface area contributed by atoms with Crippen molar-refractivity contribution in [2.24, 2.45) is 5.73 Å². The Labute approximate surface area is 119 Å². The molecule has 0 aliphatic heterocycles. The van der Waals surface area contributed by atoms with Gasteiger partial charge in [-0.3, -0.25) is 0 Å². The van der Waals surface area contributed by atoms with E-state index in [1.165, 1.54) is 11.1 Å². The van der Waals surface area contributed by atoms with Crippen LogP contribution in [-0.4, -0.2) is 6.61 Å². The Morgan fingerprint density at radius 3 is 2.63 bits per heavy atom. The Morgan fingerprint density at radius 2 is 1.95 bits per heavy atom. The van der Waals surface area contributed by atoms with Crippen LogP contribution in [-0.2, 0) is 0 Å². The molecule has 0 amide bonds. The second-order valence-corrected chi connectivity index (χ2v) is 5.17. The highest BCUT2D eigenvalue weighted by Crippen LogP contribution is 2.21. The minimum atomic E-state index is -0.139. The number of benzene rings is 2. The molecule has 19 heavy (non-hydrogen) atoms. The van der Waals surface area contributed by atoms with Gasteiger partial charge in [-0.05, 0) is 43.2 Å². The van der Waals surface area contributed by atoms with Gasteiger partial charge < -0.3 is 10.5 Å². The summed E-state index contributed by atoms with van der Waals surface area (Å²) < 4.78 is 5.68. The maximum absolute atomic E-state index is 6.17. The van der Waals surface area contributed by atoms with Gasteiger partial charge in [0.05, 0.1) is 6.04 Å². The topological polar surface area (TPSA) is 35.2 Å². The van der Waals surface area contributed by atoms with Gasteiger partial charge in [-0.15, -0.1) is 0 Å². The van der Waals surface area contributed by atoms with Crippen molar-refractivity contribution in [3.05, 3.63) is 64.2 Å². The van der Waals surface area contributed by atoms with Crippen molar-refractivity contribution < 1.29 is 4.74 Å². The first-order chi connectivity index (χ1) is 9.06. The molecule has 2 aromatic carbocycles. The molecule has 2 rings (SSSR count). The lowest BCUT2D eigenvalue weighted by Gasteiger charge is -2.16. The Hall–Kier alpha value is -1.51. The monoisotopic (exact) mass is 275 g/mol. The van der Waals surface area contributed by atoms with Gasteiger partial charge in [0.25, 0.3) is 0 Å². The molecule has 0 saturated carbocycles. The molecule has 0 aromatic heterocycles. The summed E-state index contributed by atoms with van der Waals surface area (Å²) in [7, 11) is 0. The van der Waals surface area contributed by atoms with E-state index in [2.05, 4.69) is 32.0 Å². The highest BCUT2D eigenvalue weighted by Gasteiger charge is 2.10. The number of hydrogen-bond acceptors (Lipinski definition) is 2. The average molecular weight is 276 g/mol. The Bertz CT molecular complexity index is 568. The molecule has 2 N–H and O–H groups in total. The van der Waals surface area contributed by atoms with E-state index in [-0.39, 0.29) is 6.04 Å². The number of hydrogen-bond donors (Lipinski definition) is 1. The van der Waals surface area contributed by atoms with E-state index in [4.69, 9.17) is 22.1 Å². The molecule has 0 aliphatic carbocycles. The fourth-order valence-corrected chi connectivity index (χ4v) is 2.25. The first-order valence-electron chi connectivity index (χ1n) is 6.27. The highest BCUT2D eigenvalue weighted by atomic mass is 35.5. The van der Waals surface area contributed by atoms with E-state index in [1.54, 1.807) is 6.07 Å². The summed E-state index contributed by atoms with van der Waals surface area (Å²) in [5.41, 5.74) is 9.73. The van der Waals surface area contributed by atoms with Gasteiger partial charge >= 0.3 is 0 Å². The minimum Gasteiger partial charge on any atom is -0.492 e. The van der Waals surface area contributed by atoms with E-state index in [1.807, 2.05) is 18.2 Å². The zero-order valence-corrected chi connectivity index (χ0v) is 11.9. The fourth-order valence-electron chi connectivity index (χ4n) is 2.07. The molecule has 0 fully saturated rings. The molecule has 0 radical (unpaired) electrons. The molecule has 0 bridgehead atoms. The average Bonchev–Trinajstić information content (AvgIpc) is 2.36. The molecule has 2 aromatic rings. The van der Waals surface area contributed by atoms with E-state index < -0.39 is 0 Å². The third kappa shape index (κ3) is 3.72. The number of rotatable bonds is 4. The fraction of sp³-hybridized carbons (Fsp3) is 0.250. The third-order valence-corrected chi connectivity index (χ3v) is 3.29. The van der Waals surface area contributed by atoms with Crippen molar-refractivity contribution in [3.8, 4) is 5.75 Å². The van der Waals surface area contributed by atoms with Crippen LogP contribution < -0.4 is 10.5 Å². The molecular weight excluding hydrogens is 258 g/mol. The molecule has 0 saturated heterocycles. The Kier molecular flexibility index (Phi) is 4.46. The van der Waals surface area contributed by atoms with Crippen molar-refractivity contribution in [2.75, 3.05) is 6.61 Å². The zero-order chi connectivity index (χ0) is 13.8. The molecular formula is C16H18ClNO. The number of nitrogens with two attached hydrogens (primary N) is 1. The largest absolute Gasteiger partial charge is 0.492 e. The van der Waals surface area contributed by atoms with Crippen LogP contribution in [0.3, 0.4) is 0 Å². The summed E-state index contributed by atoms with van der Waals surface area (Å²) >= 11 is 5.91. The van der Waals surface area contributed by atoms with E-state index in [0.29, 0.717) is 11.6 Å². The summed E-state index contributed by atoms with van der Waals surface area (Å²) in [5.74, 6) is 0.743. The molecule has 3 heteroatoms. The van der Waals surface area contributed by atoms with Crippen molar-refractivity contribution in [2.45, 2.75) is 19.9 Å². The number of halogens is 1. The molecule has 1 unspecified atom stereocenters. The van der Waals surface area contributed by atoms with E-state index in [9.17, 15) is 0 Å². The minimum absolute atomic E-state index is 0.139. The van der Waals surface area contributed by atoms with Crippen molar-refractivity contribution in [3.63, 3.8) is 0 Å². The standard InChI is InChI=1S/C16H18ClNO/c1-11-6-7-15(12(2)8-11)16(18)10-19-14-5-3-4-13(17)9-14/h3-9,16H,10,18H2,1-2H3. The van der Waals surface area contributed by atoms with Gasteiger partial charge in [0, 0.05) is 5.02 Å². The highest BCUT2D eigenvalue weighted by molar-refractivity contribution is 6.30. The van der Waals surface area contributed by atoms with Crippen molar-refractivity contribution in [1.82, 2.24) is 0 Å². The normalized spacial score (nSPS) is 12.2. The van der Waals surface area contributed by atoms with Crippen LogP contribution in [0, 0.1) is 13.8 Å². The molecule has 0 heterocycles. The second kappa shape index (κ2) is 6.09. The van der Waals surface area contributed by atoms with Crippen LogP contribution in [0.2, 0.25) is 5.02 Å². The zero-order valence-electron chi connectivity index (χ0n) is 11.2. The summed E-state index contributed by atoms with van der Waals surface area (Å²) in [6.45, 7) is 4.58. The molecule has 0 aliphatic rings. The Morgan fingerprint density at radius 1 is 1.16 bits per heavy atom. The maximum Gasteiger partial charge on any atom is 0.120 e. The molecule has 2 nitrogen and oxygen atoms in total. The second-order valence-electron chi connectivity index (χ2n) is 4.73. The quantitative estimate of drug-likeness (QED) is 0.914.